The summed E-state index contributed by atoms with van der Waals surface area (Å²) in [5, 5.41) is 0. The summed E-state index contributed by atoms with van der Waals surface area (Å²) in [5.41, 5.74) is 7.96. The number of benzene rings is 1. The summed E-state index contributed by atoms with van der Waals surface area (Å²) in [6, 6.07) is 4.03. The van der Waals surface area contributed by atoms with Crippen molar-refractivity contribution in [2.45, 2.75) is 13.3 Å². The van der Waals surface area contributed by atoms with Gasteiger partial charge in [0.2, 0.25) is 6.79 Å². The van der Waals surface area contributed by atoms with Crippen LogP contribution in [0.5, 0.6) is 11.5 Å². The van der Waals surface area contributed by atoms with E-state index in [9.17, 15) is 0 Å². The summed E-state index contributed by atoms with van der Waals surface area (Å²) < 4.78 is 10.5. The summed E-state index contributed by atoms with van der Waals surface area (Å²) in [4.78, 5) is 0. The van der Waals surface area contributed by atoms with E-state index in [-0.39, 0.29) is 0 Å². The van der Waals surface area contributed by atoms with E-state index in [1.807, 2.05) is 12.1 Å². The fraction of sp³-hybridized carbons (Fsp3) is 0.400. The first-order valence-corrected chi connectivity index (χ1v) is 4.40. The Balaban J connectivity index is 2.37. The molecule has 3 heteroatoms. The molecule has 0 fully saturated rings. The first-order chi connectivity index (χ1) is 6.31. The van der Waals surface area contributed by atoms with Gasteiger partial charge in [0.1, 0.15) is 0 Å². The Labute approximate surface area is 77.5 Å². The van der Waals surface area contributed by atoms with Crippen molar-refractivity contribution >= 4 is 0 Å². The fourth-order valence-electron chi connectivity index (χ4n) is 1.51. The maximum absolute atomic E-state index is 5.50. The topological polar surface area (TPSA) is 44.5 Å². The second-order valence-electron chi connectivity index (χ2n) is 3.17. The quantitative estimate of drug-likeness (QED) is 0.742. The SMILES string of the molecule is Cc1cc2c(cc1CCN)OCO2. The van der Waals surface area contributed by atoms with Gasteiger partial charge in [-0.1, -0.05) is 0 Å². The van der Waals surface area contributed by atoms with Gasteiger partial charge in [0.15, 0.2) is 11.5 Å². The lowest BCUT2D eigenvalue weighted by molar-refractivity contribution is 0.174. The number of ether oxygens (including phenoxy) is 2. The van der Waals surface area contributed by atoms with Crippen LogP contribution in [0.15, 0.2) is 12.1 Å². The van der Waals surface area contributed by atoms with E-state index in [4.69, 9.17) is 15.2 Å². The molecule has 3 nitrogen and oxygen atoms in total. The molecule has 0 radical (unpaired) electrons. The van der Waals surface area contributed by atoms with Crippen molar-refractivity contribution in [1.82, 2.24) is 0 Å². The molecule has 0 unspecified atom stereocenters. The zero-order valence-electron chi connectivity index (χ0n) is 7.67. The van der Waals surface area contributed by atoms with Crippen LogP contribution in [-0.4, -0.2) is 13.3 Å². The summed E-state index contributed by atoms with van der Waals surface area (Å²) in [6.45, 7) is 3.06. The minimum absolute atomic E-state index is 0.334. The minimum atomic E-state index is 0.334. The van der Waals surface area contributed by atoms with E-state index >= 15 is 0 Å². The number of hydrogen-bond acceptors (Lipinski definition) is 3. The number of nitrogens with two attached hydrogens (primary N) is 1. The second kappa shape index (κ2) is 3.26. The van der Waals surface area contributed by atoms with Crippen molar-refractivity contribution in [2.75, 3.05) is 13.3 Å². The van der Waals surface area contributed by atoms with Gasteiger partial charge in [-0.15, -0.1) is 0 Å². The van der Waals surface area contributed by atoms with E-state index < -0.39 is 0 Å². The molecule has 0 saturated carbocycles. The summed E-state index contributed by atoms with van der Waals surface area (Å²) >= 11 is 0. The van der Waals surface area contributed by atoms with E-state index in [0.717, 1.165) is 17.9 Å². The molecule has 1 aromatic carbocycles. The van der Waals surface area contributed by atoms with Crippen LogP contribution >= 0.6 is 0 Å². The Morgan fingerprint density at radius 2 is 2.00 bits per heavy atom. The molecule has 1 heterocycles. The number of hydrogen-bond donors (Lipinski definition) is 1. The third-order valence-corrected chi connectivity index (χ3v) is 2.24. The van der Waals surface area contributed by atoms with E-state index in [2.05, 4.69) is 6.92 Å². The molecule has 0 amide bonds. The standard InChI is InChI=1S/C10H13NO2/c1-7-4-9-10(13-6-12-9)5-8(7)2-3-11/h4-5H,2-3,6,11H2,1H3. The molecule has 2 rings (SSSR count). The highest BCUT2D eigenvalue weighted by molar-refractivity contribution is 5.48. The third-order valence-electron chi connectivity index (χ3n) is 2.24. The fourth-order valence-corrected chi connectivity index (χ4v) is 1.51. The number of aryl methyl sites for hydroxylation is 1. The molecule has 70 valence electrons. The van der Waals surface area contributed by atoms with Crippen molar-refractivity contribution in [1.29, 1.82) is 0 Å². The van der Waals surface area contributed by atoms with Gasteiger partial charge in [-0.3, -0.25) is 0 Å². The summed E-state index contributed by atoms with van der Waals surface area (Å²) in [6.07, 6.45) is 0.891. The zero-order valence-corrected chi connectivity index (χ0v) is 7.67. The Bertz CT molecular complexity index is 323. The van der Waals surface area contributed by atoms with Crippen LogP contribution in [0, 0.1) is 6.92 Å². The van der Waals surface area contributed by atoms with Crippen molar-refractivity contribution < 1.29 is 9.47 Å². The monoisotopic (exact) mass is 179 g/mol. The Hall–Kier alpha value is -1.22. The van der Waals surface area contributed by atoms with Crippen molar-refractivity contribution in [3.63, 3.8) is 0 Å². The van der Waals surface area contributed by atoms with Gasteiger partial charge in [0.05, 0.1) is 0 Å². The Kier molecular flexibility index (Phi) is 2.10. The summed E-state index contributed by atoms with van der Waals surface area (Å²) in [5.74, 6) is 1.69. The Morgan fingerprint density at radius 3 is 2.69 bits per heavy atom. The van der Waals surface area contributed by atoms with Gasteiger partial charge in [-0.05, 0) is 43.1 Å². The molecule has 1 aliphatic rings. The largest absolute Gasteiger partial charge is 0.454 e. The molecule has 13 heavy (non-hydrogen) atoms. The molecule has 0 spiro atoms. The van der Waals surface area contributed by atoms with Crippen molar-refractivity contribution in [3.8, 4) is 11.5 Å². The number of rotatable bonds is 2. The molecule has 1 aromatic rings. The lowest BCUT2D eigenvalue weighted by Gasteiger charge is -2.05. The van der Waals surface area contributed by atoms with Gasteiger partial charge in [0.25, 0.3) is 0 Å². The van der Waals surface area contributed by atoms with Gasteiger partial charge < -0.3 is 15.2 Å². The van der Waals surface area contributed by atoms with Crippen LogP contribution in [0.4, 0.5) is 0 Å². The van der Waals surface area contributed by atoms with Crippen LogP contribution < -0.4 is 15.2 Å². The maximum Gasteiger partial charge on any atom is 0.231 e. The van der Waals surface area contributed by atoms with Crippen LogP contribution in [-0.2, 0) is 6.42 Å². The molecule has 2 N–H and O–H groups in total. The van der Waals surface area contributed by atoms with Crippen LogP contribution in [0.1, 0.15) is 11.1 Å². The van der Waals surface area contributed by atoms with Crippen molar-refractivity contribution in [2.24, 2.45) is 5.73 Å². The van der Waals surface area contributed by atoms with Gasteiger partial charge >= 0.3 is 0 Å². The highest BCUT2D eigenvalue weighted by Gasteiger charge is 2.14. The van der Waals surface area contributed by atoms with Crippen LogP contribution in [0.25, 0.3) is 0 Å². The highest BCUT2D eigenvalue weighted by atomic mass is 16.7. The highest BCUT2D eigenvalue weighted by Crippen LogP contribution is 2.34. The molecule has 0 aromatic heterocycles. The smallest absolute Gasteiger partial charge is 0.231 e. The van der Waals surface area contributed by atoms with E-state index in [0.29, 0.717) is 13.3 Å². The van der Waals surface area contributed by atoms with E-state index in [1.165, 1.54) is 11.1 Å². The average molecular weight is 179 g/mol. The summed E-state index contributed by atoms with van der Waals surface area (Å²) in [7, 11) is 0. The molecule has 0 bridgehead atoms. The van der Waals surface area contributed by atoms with Gasteiger partial charge in [0, 0.05) is 0 Å². The normalized spacial score (nSPS) is 13.4. The van der Waals surface area contributed by atoms with Crippen molar-refractivity contribution in [3.05, 3.63) is 23.3 Å². The maximum atomic E-state index is 5.50. The van der Waals surface area contributed by atoms with Crippen LogP contribution in [0.3, 0.4) is 0 Å². The molecule has 0 atom stereocenters. The number of fused-ring (bicyclic) bond motifs is 1. The first kappa shape index (κ1) is 8.38. The van der Waals surface area contributed by atoms with E-state index in [1.54, 1.807) is 0 Å². The average Bonchev–Trinajstić information content (AvgIpc) is 2.52. The third kappa shape index (κ3) is 1.47. The zero-order chi connectivity index (χ0) is 9.26. The second-order valence-corrected chi connectivity index (χ2v) is 3.17. The Morgan fingerprint density at radius 1 is 1.31 bits per heavy atom. The lowest BCUT2D eigenvalue weighted by Crippen LogP contribution is -2.03. The van der Waals surface area contributed by atoms with Crippen LogP contribution in [0.2, 0.25) is 0 Å². The molecule has 0 aliphatic carbocycles. The molecular formula is C10H13NO2. The van der Waals surface area contributed by atoms with Gasteiger partial charge in [-0.2, -0.15) is 0 Å². The lowest BCUT2D eigenvalue weighted by atomic mass is 10.1. The predicted molar refractivity (Wildman–Crippen MR) is 50.1 cm³/mol. The molecule has 1 aliphatic heterocycles. The predicted octanol–water partition coefficient (Wildman–Crippen LogP) is 1.22. The first-order valence-electron chi connectivity index (χ1n) is 4.40. The minimum Gasteiger partial charge on any atom is -0.454 e. The van der Waals surface area contributed by atoms with Gasteiger partial charge in [-0.25, -0.2) is 0 Å². The molecule has 0 saturated heterocycles. The molecular weight excluding hydrogens is 166 g/mol.